The number of rotatable bonds is 8. The number of benzene rings is 1. The van der Waals surface area contributed by atoms with E-state index in [1.807, 2.05) is 4.90 Å². The minimum atomic E-state index is -0.0727. The van der Waals surface area contributed by atoms with Gasteiger partial charge in [-0.25, -0.2) is 0 Å². The molecule has 1 aromatic rings. The molecule has 0 spiro atoms. The molecule has 0 aromatic heterocycles. The molecule has 0 bridgehead atoms. The van der Waals surface area contributed by atoms with Crippen LogP contribution in [-0.4, -0.2) is 41.4 Å². The number of Topliss-reactive ketones (excluding diaryl/α,β-unsaturated/α-hetero) is 1. The molecule has 1 saturated heterocycles. The van der Waals surface area contributed by atoms with Crippen LogP contribution in [-0.2, 0) is 9.59 Å². The van der Waals surface area contributed by atoms with Gasteiger partial charge in [-0.15, -0.1) is 0 Å². The Morgan fingerprint density at radius 3 is 1.98 bits per heavy atom. The third-order valence-corrected chi connectivity index (χ3v) is 8.72. The van der Waals surface area contributed by atoms with Crippen LogP contribution in [0, 0.1) is 38.5 Å². The normalized spacial score (nSPS) is 21.4. The SMILES string of the molecule is CC(=O)CN=C1C[C@@H](C)C(C)/C1=C(/N)C(=O)N1CCC[C@H]1C.CCCC.CCCCCC(C)C.Cc1cccc(C)c1C. The maximum Gasteiger partial charge on any atom is 0.270 e. The Labute approximate surface area is 266 Å². The van der Waals surface area contributed by atoms with Crippen LogP contribution < -0.4 is 5.73 Å². The molecule has 3 atom stereocenters. The number of amides is 1. The Morgan fingerprint density at radius 2 is 1.56 bits per heavy atom. The zero-order valence-corrected chi connectivity index (χ0v) is 30.1. The topological polar surface area (TPSA) is 75.8 Å². The van der Waals surface area contributed by atoms with Crippen molar-refractivity contribution in [3.8, 4) is 0 Å². The predicted octanol–water partition coefficient (Wildman–Crippen LogP) is 9.56. The molecular weight excluding hydrogens is 530 g/mol. The lowest BCUT2D eigenvalue weighted by atomic mass is 9.95. The molecule has 1 saturated carbocycles. The standard InChI is InChI=1S/C17H27N3O2.C9H12.C8H18.C4H10/c1-10-8-14(19-9-12(3)21)15(13(10)4)16(18)17(22)20-7-5-6-11(20)2;1-7-5-4-6-8(2)9(7)3;1-4-5-6-7-8(2)3;1-3-4-2/h10-11,13H,5-9,18H2,1-4H3;4-6H,1-3H3;8H,4-7H2,1-3H3;3-4H2,1-2H3/b16-15-,19-14?;;;/t10-,11-,13?;;;/m1.../s1. The summed E-state index contributed by atoms with van der Waals surface area (Å²) in [6, 6.07) is 6.63. The Morgan fingerprint density at radius 1 is 0.977 bits per heavy atom. The van der Waals surface area contributed by atoms with Gasteiger partial charge in [0.25, 0.3) is 5.91 Å². The van der Waals surface area contributed by atoms with Gasteiger partial charge in [0.05, 0.1) is 6.54 Å². The minimum absolute atomic E-state index is 0.0251. The second kappa shape index (κ2) is 22.1. The molecule has 2 fully saturated rings. The number of nitrogens with zero attached hydrogens (tertiary/aromatic N) is 2. The Hall–Kier alpha value is -2.43. The van der Waals surface area contributed by atoms with Gasteiger partial charge in [0.2, 0.25) is 0 Å². The Bertz CT molecular complexity index is 1000. The molecule has 246 valence electrons. The second-order valence-corrected chi connectivity index (χ2v) is 13.2. The van der Waals surface area contributed by atoms with Crippen LogP contribution in [0.2, 0.25) is 0 Å². The third kappa shape index (κ3) is 15.2. The zero-order chi connectivity index (χ0) is 33.1. The average Bonchev–Trinajstić information content (AvgIpc) is 3.52. The molecule has 2 aliphatic rings. The van der Waals surface area contributed by atoms with Crippen molar-refractivity contribution in [1.29, 1.82) is 0 Å². The van der Waals surface area contributed by atoms with Crippen molar-refractivity contribution in [1.82, 2.24) is 4.90 Å². The molecule has 1 unspecified atom stereocenters. The number of carbonyl (C=O) groups excluding carboxylic acids is 2. The van der Waals surface area contributed by atoms with E-state index >= 15 is 0 Å². The number of carbonyl (C=O) groups is 2. The highest BCUT2D eigenvalue weighted by Gasteiger charge is 2.36. The molecule has 3 rings (SSSR count). The molecule has 43 heavy (non-hydrogen) atoms. The summed E-state index contributed by atoms with van der Waals surface area (Å²) in [7, 11) is 0. The lowest BCUT2D eigenvalue weighted by molar-refractivity contribution is -0.127. The molecule has 5 nitrogen and oxygen atoms in total. The highest BCUT2D eigenvalue weighted by atomic mass is 16.2. The van der Waals surface area contributed by atoms with Crippen LogP contribution in [0.1, 0.15) is 137 Å². The number of unbranched alkanes of at least 4 members (excludes halogenated alkanes) is 3. The number of aryl methyl sites for hydroxylation is 2. The first-order valence-corrected chi connectivity index (χ1v) is 17.1. The maximum absolute atomic E-state index is 12.7. The van der Waals surface area contributed by atoms with E-state index in [-0.39, 0.29) is 30.2 Å². The molecular formula is C38H67N3O2. The Kier molecular flexibility index (Phi) is 20.9. The van der Waals surface area contributed by atoms with Gasteiger partial charge in [-0.1, -0.05) is 105 Å². The molecule has 5 heteroatoms. The zero-order valence-electron chi connectivity index (χ0n) is 30.1. The first-order chi connectivity index (χ1) is 20.2. The van der Waals surface area contributed by atoms with Crippen LogP contribution in [0.3, 0.4) is 0 Å². The van der Waals surface area contributed by atoms with Crippen LogP contribution >= 0.6 is 0 Å². The van der Waals surface area contributed by atoms with E-state index < -0.39 is 0 Å². The summed E-state index contributed by atoms with van der Waals surface area (Å²) in [4.78, 5) is 30.2. The lowest BCUT2D eigenvalue weighted by Gasteiger charge is -2.23. The number of nitrogens with two attached hydrogens (primary N) is 1. The summed E-state index contributed by atoms with van der Waals surface area (Å²) in [6.45, 7) is 26.4. The molecule has 2 N–H and O–H groups in total. The largest absolute Gasteiger partial charge is 0.394 e. The summed E-state index contributed by atoms with van der Waals surface area (Å²) in [5, 5.41) is 0. The first kappa shape index (κ1) is 40.6. The number of aliphatic imine (C=N–C) groups is 1. The summed E-state index contributed by atoms with van der Waals surface area (Å²) in [5.74, 6) is 1.45. The number of hydrogen-bond donors (Lipinski definition) is 1. The van der Waals surface area contributed by atoms with Crippen LogP contribution in [0.4, 0.5) is 0 Å². The van der Waals surface area contributed by atoms with Crippen LogP contribution in [0.5, 0.6) is 0 Å². The fraction of sp³-hybridized carbons (Fsp3) is 0.711. The molecule has 1 heterocycles. The fourth-order valence-electron chi connectivity index (χ4n) is 5.10. The fourth-order valence-corrected chi connectivity index (χ4v) is 5.10. The van der Waals surface area contributed by atoms with Gasteiger partial charge in [0.1, 0.15) is 5.70 Å². The van der Waals surface area contributed by atoms with Gasteiger partial charge < -0.3 is 10.6 Å². The van der Waals surface area contributed by atoms with Crippen molar-refractivity contribution in [3.63, 3.8) is 0 Å². The number of ketones is 1. The van der Waals surface area contributed by atoms with Crippen molar-refractivity contribution < 1.29 is 9.59 Å². The molecule has 1 amide bonds. The van der Waals surface area contributed by atoms with Crippen molar-refractivity contribution in [3.05, 3.63) is 46.2 Å². The minimum Gasteiger partial charge on any atom is -0.394 e. The predicted molar refractivity (Wildman–Crippen MR) is 188 cm³/mol. The van der Waals surface area contributed by atoms with E-state index in [2.05, 4.69) is 99.4 Å². The second-order valence-electron chi connectivity index (χ2n) is 13.2. The van der Waals surface area contributed by atoms with E-state index in [0.29, 0.717) is 11.6 Å². The molecule has 1 aliphatic heterocycles. The lowest BCUT2D eigenvalue weighted by Crippen LogP contribution is -2.38. The van der Waals surface area contributed by atoms with Gasteiger partial charge in [-0.05, 0) is 88.3 Å². The maximum atomic E-state index is 12.7. The van der Waals surface area contributed by atoms with Gasteiger partial charge in [-0.3, -0.25) is 14.6 Å². The number of likely N-dealkylation sites (tertiary alicyclic amines) is 1. The molecule has 1 aliphatic carbocycles. The van der Waals surface area contributed by atoms with E-state index in [4.69, 9.17) is 5.73 Å². The van der Waals surface area contributed by atoms with E-state index in [0.717, 1.165) is 43.0 Å². The van der Waals surface area contributed by atoms with Crippen LogP contribution in [0.15, 0.2) is 34.5 Å². The smallest absolute Gasteiger partial charge is 0.270 e. The van der Waals surface area contributed by atoms with Gasteiger partial charge in [0, 0.05) is 23.9 Å². The van der Waals surface area contributed by atoms with E-state index in [1.165, 1.54) is 62.1 Å². The number of hydrogen-bond acceptors (Lipinski definition) is 4. The van der Waals surface area contributed by atoms with Crippen molar-refractivity contribution in [2.45, 2.75) is 147 Å². The summed E-state index contributed by atoms with van der Waals surface area (Å²) in [5.41, 5.74) is 12.4. The quantitative estimate of drug-likeness (QED) is 0.239. The van der Waals surface area contributed by atoms with Crippen molar-refractivity contribution >= 4 is 17.4 Å². The Balaban J connectivity index is 0.000000687. The van der Waals surface area contributed by atoms with E-state index in [9.17, 15) is 9.59 Å². The highest BCUT2D eigenvalue weighted by Crippen LogP contribution is 2.36. The van der Waals surface area contributed by atoms with Gasteiger partial charge >= 0.3 is 0 Å². The first-order valence-electron chi connectivity index (χ1n) is 17.1. The van der Waals surface area contributed by atoms with Gasteiger partial charge in [-0.2, -0.15) is 0 Å². The number of allylic oxidation sites excluding steroid dienone is 1. The highest BCUT2D eigenvalue weighted by molar-refractivity contribution is 6.10. The molecule has 1 aromatic carbocycles. The monoisotopic (exact) mass is 598 g/mol. The molecule has 0 radical (unpaired) electrons. The summed E-state index contributed by atoms with van der Waals surface area (Å²) < 4.78 is 0. The average molecular weight is 598 g/mol. The van der Waals surface area contributed by atoms with Gasteiger partial charge in [0.15, 0.2) is 5.78 Å². The summed E-state index contributed by atoms with van der Waals surface area (Å²) in [6.07, 6.45) is 11.1. The van der Waals surface area contributed by atoms with Crippen LogP contribution in [0.25, 0.3) is 0 Å². The summed E-state index contributed by atoms with van der Waals surface area (Å²) >= 11 is 0. The third-order valence-electron chi connectivity index (χ3n) is 8.72. The van der Waals surface area contributed by atoms with Crippen molar-refractivity contribution in [2.24, 2.45) is 28.5 Å². The van der Waals surface area contributed by atoms with Crippen molar-refractivity contribution in [2.75, 3.05) is 13.1 Å². The van der Waals surface area contributed by atoms with E-state index in [1.54, 1.807) is 0 Å².